The van der Waals surface area contributed by atoms with Gasteiger partial charge in [0.2, 0.25) is 5.91 Å². The zero-order valence-corrected chi connectivity index (χ0v) is 30.6. The number of hydrogen-bond acceptors (Lipinski definition) is 9. The Hall–Kier alpha value is -2.77. The summed E-state index contributed by atoms with van der Waals surface area (Å²) in [6.45, 7) is 15.2. The molecule has 1 aliphatic heterocycles. The number of aromatic carboxylic acids is 1. The number of carbonyl (C=O) groups is 4. The maximum atomic E-state index is 14.6. The molecule has 0 radical (unpaired) electrons. The maximum Gasteiger partial charge on any atom is 0.407 e. The molecule has 13 heteroatoms. The van der Waals surface area contributed by atoms with Crippen molar-refractivity contribution in [1.82, 2.24) is 25.6 Å². The van der Waals surface area contributed by atoms with Crippen LogP contribution in [0.15, 0.2) is 5.38 Å². The summed E-state index contributed by atoms with van der Waals surface area (Å²) in [5.41, 5.74) is -0.0892. The lowest BCUT2D eigenvalue weighted by molar-refractivity contribution is -0.211. The molecule has 1 aromatic rings. The molecule has 0 saturated carbocycles. The fourth-order valence-corrected chi connectivity index (χ4v) is 6.88. The molecular formula is C34H59N5O7S. The van der Waals surface area contributed by atoms with Gasteiger partial charge in [-0.2, -0.15) is 0 Å². The lowest BCUT2D eigenvalue weighted by Gasteiger charge is -2.39. The fourth-order valence-electron chi connectivity index (χ4n) is 5.88. The number of alkyl carbamates (subject to hydrolysis) is 1. The number of unbranched alkanes of at least 4 members (excludes halogenated alkanes) is 3. The van der Waals surface area contributed by atoms with E-state index < -0.39 is 36.2 Å². The summed E-state index contributed by atoms with van der Waals surface area (Å²) in [6.07, 6.45) is 6.27. The van der Waals surface area contributed by atoms with Crippen LogP contribution in [0.2, 0.25) is 0 Å². The smallest absolute Gasteiger partial charge is 0.407 e. The lowest BCUT2D eigenvalue weighted by Crippen LogP contribution is -2.58. The number of piperidine rings is 1. The third-order valence-corrected chi connectivity index (χ3v) is 10.1. The molecule has 3 amide bonds. The largest absolute Gasteiger partial charge is 0.476 e. The second-order valence-electron chi connectivity index (χ2n) is 13.1. The molecule has 47 heavy (non-hydrogen) atoms. The molecule has 12 nitrogen and oxygen atoms in total. The summed E-state index contributed by atoms with van der Waals surface area (Å²) in [5, 5.41) is 18.8. The van der Waals surface area contributed by atoms with E-state index in [-0.39, 0.29) is 41.8 Å². The summed E-state index contributed by atoms with van der Waals surface area (Å²) in [6, 6.07) is -1.60. The highest BCUT2D eigenvalue weighted by atomic mass is 32.1. The molecule has 0 bridgehead atoms. The van der Waals surface area contributed by atoms with Crippen molar-refractivity contribution in [3.05, 3.63) is 16.1 Å². The first kappa shape index (κ1) is 40.4. The SMILES string of the molecule is CCCCCCON(C(=O)[C@@H](NC(=O)[C@H]1CCCCN1C)[C@@H](C)CC)[C@H](C[C@H](c1nc(C(=O)O)cs1)[C@H](C)OC(=O)NCC)C(C)C. The van der Waals surface area contributed by atoms with Crippen molar-refractivity contribution in [3.63, 3.8) is 0 Å². The van der Waals surface area contributed by atoms with Gasteiger partial charge in [0.05, 0.1) is 18.7 Å². The minimum atomic E-state index is -1.15. The maximum absolute atomic E-state index is 14.6. The van der Waals surface area contributed by atoms with Gasteiger partial charge in [-0.1, -0.05) is 66.7 Å². The van der Waals surface area contributed by atoms with E-state index in [0.29, 0.717) is 24.6 Å². The highest BCUT2D eigenvalue weighted by Crippen LogP contribution is 2.34. The van der Waals surface area contributed by atoms with Crippen LogP contribution >= 0.6 is 11.3 Å². The van der Waals surface area contributed by atoms with E-state index >= 15 is 0 Å². The molecule has 1 aliphatic rings. The molecule has 0 aromatic carbocycles. The summed E-state index contributed by atoms with van der Waals surface area (Å²) < 4.78 is 5.72. The van der Waals surface area contributed by atoms with Crippen molar-refractivity contribution in [2.24, 2.45) is 11.8 Å². The predicted octanol–water partition coefficient (Wildman–Crippen LogP) is 5.83. The van der Waals surface area contributed by atoms with E-state index in [4.69, 9.17) is 9.57 Å². The average Bonchev–Trinajstić information content (AvgIpc) is 3.52. The van der Waals surface area contributed by atoms with Crippen molar-refractivity contribution in [2.45, 2.75) is 136 Å². The Kier molecular flexibility index (Phi) is 17.7. The number of hydrogen-bond donors (Lipinski definition) is 3. The molecule has 3 N–H and O–H groups in total. The van der Waals surface area contributed by atoms with Crippen molar-refractivity contribution >= 4 is 35.2 Å². The number of likely N-dealkylation sites (tertiary alicyclic amines) is 1. The van der Waals surface area contributed by atoms with E-state index in [0.717, 1.165) is 51.5 Å². The first-order chi connectivity index (χ1) is 22.4. The molecular weight excluding hydrogens is 622 g/mol. The Labute approximate surface area is 285 Å². The van der Waals surface area contributed by atoms with Crippen LogP contribution in [-0.2, 0) is 19.2 Å². The number of ether oxygens (including phenoxy) is 1. The van der Waals surface area contributed by atoms with Crippen LogP contribution in [0.4, 0.5) is 4.79 Å². The zero-order valence-electron chi connectivity index (χ0n) is 29.8. The zero-order chi connectivity index (χ0) is 35.1. The monoisotopic (exact) mass is 681 g/mol. The summed E-state index contributed by atoms with van der Waals surface area (Å²) in [7, 11) is 1.95. The third kappa shape index (κ3) is 12.3. The molecule has 1 saturated heterocycles. The third-order valence-electron chi connectivity index (χ3n) is 9.10. The predicted molar refractivity (Wildman–Crippen MR) is 183 cm³/mol. The number of hydroxylamine groups is 2. The van der Waals surface area contributed by atoms with Crippen molar-refractivity contribution in [1.29, 1.82) is 0 Å². The normalized spacial score (nSPS) is 18.5. The van der Waals surface area contributed by atoms with Gasteiger partial charge in [0.25, 0.3) is 5.91 Å². The minimum absolute atomic E-state index is 0.0892. The first-order valence-corrected chi connectivity index (χ1v) is 18.3. The van der Waals surface area contributed by atoms with Crippen molar-refractivity contribution < 1.29 is 33.9 Å². The lowest BCUT2D eigenvalue weighted by atomic mass is 9.88. The number of carboxylic acids is 1. The summed E-state index contributed by atoms with van der Waals surface area (Å²) >= 11 is 1.19. The highest BCUT2D eigenvalue weighted by molar-refractivity contribution is 7.09. The molecule has 2 rings (SSSR count). The molecule has 1 fully saturated rings. The summed E-state index contributed by atoms with van der Waals surface area (Å²) in [5.74, 6) is -2.42. The van der Waals surface area contributed by atoms with Gasteiger partial charge in [-0.3, -0.25) is 19.3 Å². The Bertz CT molecular complexity index is 1130. The molecule has 268 valence electrons. The summed E-state index contributed by atoms with van der Waals surface area (Å²) in [4.78, 5) is 65.2. The average molecular weight is 682 g/mol. The number of likely N-dealkylation sites (N-methyl/N-ethyl adjacent to an activating group) is 1. The molecule has 0 unspecified atom stereocenters. The van der Waals surface area contributed by atoms with Crippen LogP contribution in [0, 0.1) is 11.8 Å². The number of carbonyl (C=O) groups excluding carboxylic acids is 3. The Morgan fingerprint density at radius 2 is 1.83 bits per heavy atom. The number of aromatic nitrogens is 1. The number of nitrogens with one attached hydrogen (secondary N) is 2. The number of amides is 3. The molecule has 0 aliphatic carbocycles. The number of carboxylic acid groups (broad SMARTS) is 1. The van der Waals surface area contributed by atoms with Gasteiger partial charge in [0.1, 0.15) is 17.2 Å². The van der Waals surface area contributed by atoms with Crippen LogP contribution in [0.25, 0.3) is 0 Å². The molecule has 2 heterocycles. The molecule has 1 aromatic heterocycles. The van der Waals surface area contributed by atoms with Gasteiger partial charge in [0.15, 0.2) is 5.69 Å². The van der Waals surface area contributed by atoms with Gasteiger partial charge < -0.3 is 20.5 Å². The van der Waals surface area contributed by atoms with E-state index in [2.05, 4.69) is 27.4 Å². The van der Waals surface area contributed by atoms with Crippen molar-refractivity contribution in [2.75, 3.05) is 26.7 Å². The van der Waals surface area contributed by atoms with Crippen molar-refractivity contribution in [3.8, 4) is 0 Å². The molecule has 0 spiro atoms. The Morgan fingerprint density at radius 1 is 1.11 bits per heavy atom. The number of thiazole rings is 1. The Balaban J connectivity index is 2.51. The van der Waals surface area contributed by atoms with Gasteiger partial charge in [-0.15, -0.1) is 11.3 Å². The topological polar surface area (TPSA) is 150 Å². The van der Waals surface area contributed by atoms with E-state index in [9.17, 15) is 24.3 Å². The van der Waals surface area contributed by atoms with Gasteiger partial charge in [0, 0.05) is 17.8 Å². The van der Waals surface area contributed by atoms with E-state index in [1.807, 2.05) is 34.7 Å². The van der Waals surface area contributed by atoms with Crippen LogP contribution < -0.4 is 10.6 Å². The minimum Gasteiger partial charge on any atom is -0.476 e. The number of rotatable bonds is 20. The standard InChI is InChI=1S/C34H59N5O7S/c1-9-12-13-16-19-45-39(32(41)29(23(6)10-2)37-30(40)27-17-14-15-18-38(27)8)28(22(4)5)20-25(24(7)46-34(44)35-11-3)31-36-26(21-47-31)33(42)43/h21-25,27-29H,9-20H2,1-8H3,(H,35,44)(H,37,40)(H,42,43)/t23-,24-,25-,27+,28+,29-/m0/s1. The van der Waals surface area contributed by atoms with Gasteiger partial charge >= 0.3 is 12.1 Å². The fraction of sp³-hybridized carbons (Fsp3) is 0.794. The second kappa shape index (κ2) is 20.6. The number of nitrogens with zero attached hydrogens (tertiary/aromatic N) is 3. The van der Waals surface area contributed by atoms with Gasteiger partial charge in [-0.05, 0) is 65.0 Å². The quantitative estimate of drug-likeness (QED) is 0.114. The molecule has 6 atom stereocenters. The van der Waals surface area contributed by atoms with Crippen LogP contribution in [0.1, 0.15) is 128 Å². The first-order valence-electron chi connectivity index (χ1n) is 17.5. The van der Waals surface area contributed by atoms with Crippen LogP contribution in [0.3, 0.4) is 0 Å². The van der Waals surface area contributed by atoms with Gasteiger partial charge in [-0.25, -0.2) is 19.6 Å². The second-order valence-corrected chi connectivity index (χ2v) is 14.0. The Morgan fingerprint density at radius 3 is 2.40 bits per heavy atom. The van der Waals surface area contributed by atoms with Crippen LogP contribution in [0.5, 0.6) is 0 Å². The van der Waals surface area contributed by atoms with E-state index in [1.165, 1.54) is 21.8 Å². The van der Waals surface area contributed by atoms with Crippen LogP contribution in [-0.4, -0.2) is 94.9 Å². The highest BCUT2D eigenvalue weighted by Gasteiger charge is 2.40. The van der Waals surface area contributed by atoms with E-state index in [1.54, 1.807) is 13.8 Å².